The van der Waals surface area contributed by atoms with Crippen LogP contribution in [0.4, 0.5) is 0 Å². The average Bonchev–Trinajstić information content (AvgIpc) is 3.16. The third kappa shape index (κ3) is 4.61. The summed E-state index contributed by atoms with van der Waals surface area (Å²) in [6.07, 6.45) is 4.00. The third-order valence-electron chi connectivity index (χ3n) is 5.74. The lowest BCUT2D eigenvalue weighted by molar-refractivity contribution is -0.126. The molecular weight excluding hydrogens is 390 g/mol. The van der Waals surface area contributed by atoms with E-state index in [4.69, 9.17) is 0 Å². The van der Waals surface area contributed by atoms with Crippen molar-refractivity contribution in [1.29, 1.82) is 0 Å². The van der Waals surface area contributed by atoms with Gasteiger partial charge in [-0.15, -0.1) is 5.10 Å². The lowest BCUT2D eigenvalue weighted by Gasteiger charge is -2.30. The van der Waals surface area contributed by atoms with E-state index in [-0.39, 0.29) is 22.8 Å². The van der Waals surface area contributed by atoms with Gasteiger partial charge in [-0.2, -0.15) is 4.31 Å². The summed E-state index contributed by atoms with van der Waals surface area (Å²) in [7, 11) is -3.62. The van der Waals surface area contributed by atoms with E-state index in [0.717, 1.165) is 24.8 Å². The van der Waals surface area contributed by atoms with Crippen LogP contribution >= 0.6 is 0 Å². The smallest absolute Gasteiger partial charge is 0.243 e. The Morgan fingerprint density at radius 2 is 2.00 bits per heavy atom. The topological polar surface area (TPSA) is 97.2 Å². The summed E-state index contributed by atoms with van der Waals surface area (Å²) in [4.78, 5) is 12.5. The highest BCUT2D eigenvalue weighted by atomic mass is 32.2. The molecule has 1 unspecified atom stereocenters. The minimum Gasteiger partial charge on any atom is -0.356 e. The predicted octanol–water partition coefficient (Wildman–Crippen LogP) is 2.72. The van der Waals surface area contributed by atoms with Crippen LogP contribution in [0.15, 0.2) is 23.1 Å². The van der Waals surface area contributed by atoms with Crippen molar-refractivity contribution in [2.24, 2.45) is 5.92 Å². The van der Waals surface area contributed by atoms with Crippen LogP contribution in [0.5, 0.6) is 0 Å². The molecule has 2 aromatic rings. The summed E-state index contributed by atoms with van der Waals surface area (Å²) in [6, 6.07) is 5.20. The van der Waals surface area contributed by atoms with Gasteiger partial charge >= 0.3 is 0 Å². The number of aromatic nitrogens is 3. The summed E-state index contributed by atoms with van der Waals surface area (Å²) in [5, 5.41) is 11.3. The zero-order chi connectivity index (χ0) is 21.0. The summed E-state index contributed by atoms with van der Waals surface area (Å²) in [5.74, 6) is -0.0743. The van der Waals surface area contributed by atoms with Crippen LogP contribution in [0.25, 0.3) is 11.0 Å². The Bertz CT molecular complexity index is 948. The van der Waals surface area contributed by atoms with Crippen LogP contribution in [-0.2, 0) is 14.8 Å². The lowest BCUT2D eigenvalue weighted by atomic mass is 9.97. The maximum Gasteiger partial charge on any atom is 0.243 e. The molecule has 1 aliphatic heterocycles. The molecule has 1 aromatic carbocycles. The monoisotopic (exact) mass is 421 g/mol. The fourth-order valence-electron chi connectivity index (χ4n) is 3.62. The molecule has 1 atom stereocenters. The second-order valence-electron chi connectivity index (χ2n) is 7.76. The number of nitrogens with one attached hydrogen (secondary N) is 1. The molecule has 3 rings (SSSR count). The van der Waals surface area contributed by atoms with Gasteiger partial charge in [0.2, 0.25) is 15.9 Å². The quantitative estimate of drug-likeness (QED) is 0.661. The minimum absolute atomic E-state index is 0.0403. The van der Waals surface area contributed by atoms with E-state index in [9.17, 15) is 13.2 Å². The third-order valence-corrected chi connectivity index (χ3v) is 7.64. The number of hydrogen-bond acceptors (Lipinski definition) is 5. The molecule has 0 radical (unpaired) electrons. The zero-order valence-electron chi connectivity index (χ0n) is 17.5. The normalized spacial score (nSPS) is 17.5. The van der Waals surface area contributed by atoms with Crippen molar-refractivity contribution < 1.29 is 13.2 Å². The van der Waals surface area contributed by atoms with Gasteiger partial charge < -0.3 is 5.32 Å². The van der Waals surface area contributed by atoms with Crippen molar-refractivity contribution >= 4 is 27.0 Å². The number of carbonyl (C=O) groups is 1. The van der Waals surface area contributed by atoms with Gasteiger partial charge in [0.15, 0.2) is 0 Å². The molecule has 160 valence electrons. The molecule has 29 heavy (non-hydrogen) atoms. The van der Waals surface area contributed by atoms with Crippen molar-refractivity contribution in [1.82, 2.24) is 24.6 Å². The van der Waals surface area contributed by atoms with Gasteiger partial charge in [0.1, 0.15) is 5.52 Å². The minimum atomic E-state index is -3.62. The van der Waals surface area contributed by atoms with E-state index in [1.54, 1.807) is 18.2 Å². The summed E-state index contributed by atoms with van der Waals surface area (Å²) >= 11 is 0. The number of hydrogen-bond donors (Lipinski definition) is 1. The molecular formula is C20H31N5O3S. The van der Waals surface area contributed by atoms with Crippen LogP contribution in [-0.4, -0.2) is 53.3 Å². The summed E-state index contributed by atoms with van der Waals surface area (Å²) in [6.45, 7) is 7.60. The van der Waals surface area contributed by atoms with Crippen molar-refractivity contribution in [3.05, 3.63) is 18.2 Å². The number of amides is 1. The molecule has 1 amide bonds. The molecule has 0 spiro atoms. The van der Waals surface area contributed by atoms with Gasteiger partial charge in [0, 0.05) is 25.6 Å². The van der Waals surface area contributed by atoms with Gasteiger partial charge in [-0.05, 0) is 50.8 Å². The molecule has 1 aliphatic rings. The maximum absolute atomic E-state index is 13.1. The highest BCUT2D eigenvalue weighted by Gasteiger charge is 2.32. The Balaban J connectivity index is 1.69. The molecule has 2 heterocycles. The largest absolute Gasteiger partial charge is 0.356 e. The number of carbonyl (C=O) groups excluding carboxylic acids is 1. The first-order valence-electron chi connectivity index (χ1n) is 10.5. The van der Waals surface area contributed by atoms with E-state index in [1.807, 2.05) is 4.68 Å². The van der Waals surface area contributed by atoms with E-state index < -0.39 is 10.0 Å². The molecule has 0 aliphatic carbocycles. The first-order valence-corrected chi connectivity index (χ1v) is 11.9. The van der Waals surface area contributed by atoms with E-state index >= 15 is 0 Å². The second-order valence-corrected chi connectivity index (χ2v) is 9.70. The molecule has 1 fully saturated rings. The lowest BCUT2D eigenvalue weighted by Crippen LogP contribution is -2.43. The van der Waals surface area contributed by atoms with Crippen LogP contribution in [0, 0.1) is 5.92 Å². The van der Waals surface area contributed by atoms with Crippen molar-refractivity contribution in [3.63, 3.8) is 0 Å². The van der Waals surface area contributed by atoms with Crippen molar-refractivity contribution in [2.75, 3.05) is 19.6 Å². The zero-order valence-corrected chi connectivity index (χ0v) is 18.3. The fourth-order valence-corrected chi connectivity index (χ4v) is 5.11. The first kappa shape index (κ1) is 21.7. The van der Waals surface area contributed by atoms with E-state index in [0.29, 0.717) is 38.0 Å². The SMILES string of the molecule is CCCCNC(=O)C1CCN(S(=O)(=O)c2ccc3c(c2)nnn3C(C)CC)CC1. The standard InChI is InChI=1S/C20H31N5O3S/c1-4-6-11-21-20(26)16-9-12-24(13-10-16)29(27,28)17-7-8-19-18(14-17)22-23-25(19)15(3)5-2/h7-8,14-16H,4-6,9-13H2,1-3H3,(H,21,26). The van der Waals surface area contributed by atoms with Gasteiger partial charge in [0.25, 0.3) is 0 Å². The fraction of sp³-hybridized carbons (Fsp3) is 0.650. The Morgan fingerprint density at radius 3 is 2.66 bits per heavy atom. The maximum atomic E-state index is 13.1. The number of piperidine rings is 1. The van der Waals surface area contributed by atoms with E-state index in [1.165, 1.54) is 4.31 Å². The number of sulfonamides is 1. The summed E-state index contributed by atoms with van der Waals surface area (Å²) < 4.78 is 29.5. The Labute approximate surface area is 172 Å². The van der Waals surface area contributed by atoms with Crippen LogP contribution in [0.1, 0.15) is 58.9 Å². The molecule has 1 saturated heterocycles. The van der Waals surface area contributed by atoms with Gasteiger partial charge in [-0.25, -0.2) is 13.1 Å². The molecule has 8 nitrogen and oxygen atoms in total. The number of nitrogens with zero attached hydrogens (tertiary/aromatic N) is 4. The molecule has 1 N–H and O–H groups in total. The van der Waals surface area contributed by atoms with Crippen molar-refractivity contribution in [3.8, 4) is 0 Å². The number of benzene rings is 1. The predicted molar refractivity (Wildman–Crippen MR) is 112 cm³/mol. The Morgan fingerprint density at radius 1 is 1.28 bits per heavy atom. The molecule has 9 heteroatoms. The van der Waals surface area contributed by atoms with Gasteiger partial charge in [0.05, 0.1) is 16.5 Å². The van der Waals surface area contributed by atoms with Crippen LogP contribution < -0.4 is 5.32 Å². The van der Waals surface area contributed by atoms with Gasteiger partial charge in [-0.1, -0.05) is 25.5 Å². The second kappa shape index (κ2) is 9.21. The first-order chi connectivity index (χ1) is 13.9. The highest BCUT2D eigenvalue weighted by molar-refractivity contribution is 7.89. The highest BCUT2D eigenvalue weighted by Crippen LogP contribution is 2.26. The van der Waals surface area contributed by atoms with E-state index in [2.05, 4.69) is 36.4 Å². The molecule has 0 bridgehead atoms. The average molecular weight is 422 g/mol. The molecule has 1 aromatic heterocycles. The molecule has 0 saturated carbocycles. The van der Waals surface area contributed by atoms with Crippen LogP contribution in [0.2, 0.25) is 0 Å². The Kier molecular flexibility index (Phi) is 6.89. The summed E-state index contributed by atoms with van der Waals surface area (Å²) in [5.41, 5.74) is 1.41. The number of rotatable bonds is 8. The number of fused-ring (bicyclic) bond motifs is 1. The van der Waals surface area contributed by atoms with Gasteiger partial charge in [-0.3, -0.25) is 4.79 Å². The van der Waals surface area contributed by atoms with Crippen LogP contribution in [0.3, 0.4) is 0 Å². The Hall–Kier alpha value is -2.00. The van der Waals surface area contributed by atoms with Crippen molar-refractivity contribution in [2.45, 2.75) is 63.8 Å². The number of unbranched alkanes of at least 4 members (excludes halogenated alkanes) is 1.